The lowest BCUT2D eigenvalue weighted by Gasteiger charge is -2.21. The van der Waals surface area contributed by atoms with Gasteiger partial charge in [0.1, 0.15) is 5.52 Å². The van der Waals surface area contributed by atoms with E-state index in [9.17, 15) is 15.0 Å². The molecule has 2 heterocycles. The number of aliphatic hydroxyl groups excluding tert-OH is 2. The third-order valence-corrected chi connectivity index (χ3v) is 3.78. The number of nitrogens with one attached hydrogen (secondary N) is 3. The van der Waals surface area contributed by atoms with Crippen molar-refractivity contribution in [1.29, 1.82) is 0 Å². The highest BCUT2D eigenvalue weighted by Crippen LogP contribution is 2.12. The van der Waals surface area contributed by atoms with Gasteiger partial charge in [0.25, 0.3) is 5.56 Å². The number of hydrogen-bond acceptors (Lipinski definition) is 6. The lowest BCUT2D eigenvalue weighted by Crippen LogP contribution is -2.43. The van der Waals surface area contributed by atoms with Crippen molar-refractivity contribution < 1.29 is 10.2 Å². The quantitative estimate of drug-likeness (QED) is 0.467. The van der Waals surface area contributed by atoms with E-state index in [-0.39, 0.29) is 12.2 Å². The van der Waals surface area contributed by atoms with Gasteiger partial charge in [-0.1, -0.05) is 0 Å². The first-order valence-corrected chi connectivity index (χ1v) is 7.61. The van der Waals surface area contributed by atoms with Gasteiger partial charge in [-0.05, 0) is 6.26 Å². The molecule has 5 N–H and O–H groups in total. The fraction of sp³-hybridized carbons (Fsp3) is 0.500. The summed E-state index contributed by atoms with van der Waals surface area (Å²) >= 11 is 1.52. The minimum atomic E-state index is -0.628. The van der Waals surface area contributed by atoms with Crippen LogP contribution in [0.5, 0.6) is 0 Å². The smallest absolute Gasteiger partial charge is 0.275 e. The van der Waals surface area contributed by atoms with Gasteiger partial charge in [-0.2, -0.15) is 11.8 Å². The third kappa shape index (κ3) is 3.21. The van der Waals surface area contributed by atoms with Crippen molar-refractivity contribution in [3.63, 3.8) is 0 Å². The van der Waals surface area contributed by atoms with Crippen LogP contribution in [-0.4, -0.2) is 55.9 Å². The largest absolute Gasteiger partial charge is 0.395 e. The molecular formula is C12H18N4O3S. The van der Waals surface area contributed by atoms with Crippen LogP contribution in [0.4, 0.5) is 0 Å². The van der Waals surface area contributed by atoms with Gasteiger partial charge in [-0.25, -0.2) is 4.98 Å². The highest BCUT2D eigenvalue weighted by Gasteiger charge is 2.18. The van der Waals surface area contributed by atoms with Crippen LogP contribution in [0.1, 0.15) is 5.56 Å². The molecule has 0 bridgehead atoms. The highest BCUT2D eigenvalue weighted by atomic mass is 32.2. The van der Waals surface area contributed by atoms with E-state index in [0.29, 0.717) is 23.3 Å². The van der Waals surface area contributed by atoms with Crippen molar-refractivity contribution in [3.8, 4) is 0 Å². The lowest BCUT2D eigenvalue weighted by molar-refractivity contribution is 0.106. The van der Waals surface area contributed by atoms with Crippen molar-refractivity contribution in [3.05, 3.63) is 28.4 Å². The van der Waals surface area contributed by atoms with E-state index >= 15 is 0 Å². The summed E-state index contributed by atoms with van der Waals surface area (Å²) in [6.45, 7) is 0.255. The second-order valence-electron chi connectivity index (χ2n) is 4.46. The zero-order chi connectivity index (χ0) is 14.5. The molecule has 2 aromatic heterocycles. The molecule has 0 amide bonds. The van der Waals surface area contributed by atoms with Gasteiger partial charge in [0.15, 0.2) is 0 Å². The first kappa shape index (κ1) is 15.0. The van der Waals surface area contributed by atoms with E-state index < -0.39 is 12.1 Å². The molecule has 0 aliphatic heterocycles. The molecule has 0 radical (unpaired) electrons. The Labute approximate surface area is 119 Å². The van der Waals surface area contributed by atoms with Gasteiger partial charge in [-0.15, -0.1) is 0 Å². The Morgan fingerprint density at radius 3 is 3.00 bits per heavy atom. The van der Waals surface area contributed by atoms with Crippen LogP contribution in [-0.2, 0) is 6.54 Å². The minimum absolute atomic E-state index is 0.155. The van der Waals surface area contributed by atoms with Crippen LogP contribution < -0.4 is 10.9 Å². The Bertz CT molecular complexity index is 612. The van der Waals surface area contributed by atoms with Crippen molar-refractivity contribution >= 4 is 22.8 Å². The monoisotopic (exact) mass is 298 g/mol. The molecule has 0 saturated carbocycles. The van der Waals surface area contributed by atoms with E-state index in [1.54, 1.807) is 6.20 Å². The number of aliphatic hydroxyl groups is 2. The molecular weight excluding hydrogens is 280 g/mol. The number of rotatable bonds is 7. The normalized spacial score (nSPS) is 14.6. The van der Waals surface area contributed by atoms with Crippen LogP contribution in [0.3, 0.4) is 0 Å². The lowest BCUT2D eigenvalue weighted by atomic mass is 10.2. The Morgan fingerprint density at radius 2 is 2.30 bits per heavy atom. The molecule has 0 unspecified atom stereocenters. The van der Waals surface area contributed by atoms with E-state index in [4.69, 9.17) is 0 Å². The van der Waals surface area contributed by atoms with E-state index in [0.717, 1.165) is 5.56 Å². The molecule has 0 aliphatic carbocycles. The summed E-state index contributed by atoms with van der Waals surface area (Å²) in [7, 11) is 0. The van der Waals surface area contributed by atoms with Crippen molar-refractivity contribution in [2.75, 3.05) is 18.6 Å². The summed E-state index contributed by atoms with van der Waals surface area (Å²) in [5, 5.41) is 22.3. The Morgan fingerprint density at radius 1 is 1.50 bits per heavy atom. The predicted octanol–water partition coefficient (Wildman–Crippen LogP) is -0.574. The molecule has 2 rings (SSSR count). The van der Waals surface area contributed by atoms with Crippen LogP contribution >= 0.6 is 11.8 Å². The predicted molar refractivity (Wildman–Crippen MR) is 78.8 cm³/mol. The number of thioether (sulfide) groups is 1. The highest BCUT2D eigenvalue weighted by molar-refractivity contribution is 7.98. The zero-order valence-electron chi connectivity index (χ0n) is 11.1. The number of aromatic nitrogens is 3. The topological polar surface area (TPSA) is 114 Å². The summed E-state index contributed by atoms with van der Waals surface area (Å²) in [5.74, 6) is 0.546. The minimum Gasteiger partial charge on any atom is -0.395 e. The zero-order valence-corrected chi connectivity index (χ0v) is 11.9. The molecule has 20 heavy (non-hydrogen) atoms. The van der Waals surface area contributed by atoms with Gasteiger partial charge < -0.3 is 25.5 Å². The molecule has 0 aliphatic rings. The molecule has 2 atom stereocenters. The van der Waals surface area contributed by atoms with E-state index in [1.807, 2.05) is 6.26 Å². The van der Waals surface area contributed by atoms with Gasteiger partial charge in [-0.3, -0.25) is 4.79 Å². The second kappa shape index (κ2) is 6.89. The standard InChI is InChI=1S/C12H18N4O3S/c1-20-5-9(18)8(4-17)13-2-7-3-14-11-10(7)15-6-16-12(11)19/h3,6,8-9,13-14,17-18H,2,4-5H2,1H3,(H,15,16,19)/t8-,9-/m1/s1. The average molecular weight is 298 g/mol. The van der Waals surface area contributed by atoms with Crippen LogP contribution in [0.15, 0.2) is 17.3 Å². The summed E-state index contributed by atoms with van der Waals surface area (Å²) < 4.78 is 0. The maximum absolute atomic E-state index is 11.5. The van der Waals surface area contributed by atoms with Crippen LogP contribution in [0, 0.1) is 0 Å². The summed E-state index contributed by atoms with van der Waals surface area (Å²) in [6.07, 6.45) is 4.33. The first-order chi connectivity index (χ1) is 9.67. The van der Waals surface area contributed by atoms with Gasteiger partial charge in [0.2, 0.25) is 0 Å². The van der Waals surface area contributed by atoms with Crippen molar-refractivity contribution in [1.82, 2.24) is 20.3 Å². The fourth-order valence-corrected chi connectivity index (χ4v) is 2.56. The van der Waals surface area contributed by atoms with Gasteiger partial charge >= 0.3 is 0 Å². The molecule has 0 fully saturated rings. The SMILES string of the molecule is CSC[C@@H](O)[C@@H](CO)NCc1c[nH]c2c(=O)[nH]cnc12. The maximum Gasteiger partial charge on any atom is 0.275 e. The van der Waals surface area contributed by atoms with Gasteiger partial charge in [0, 0.05) is 24.1 Å². The van der Waals surface area contributed by atoms with Gasteiger partial charge in [0.05, 0.1) is 30.6 Å². The Hall–Kier alpha value is -1.35. The first-order valence-electron chi connectivity index (χ1n) is 6.22. The fourth-order valence-electron chi connectivity index (χ4n) is 1.99. The molecule has 0 aromatic carbocycles. The molecule has 110 valence electrons. The number of hydrogen-bond donors (Lipinski definition) is 5. The van der Waals surface area contributed by atoms with Crippen LogP contribution in [0.25, 0.3) is 11.0 Å². The number of H-pyrrole nitrogens is 2. The molecule has 0 spiro atoms. The number of aromatic amines is 2. The molecule has 7 nitrogen and oxygen atoms in total. The maximum atomic E-state index is 11.5. The van der Waals surface area contributed by atoms with Crippen LogP contribution in [0.2, 0.25) is 0 Å². The molecule has 0 saturated heterocycles. The third-order valence-electron chi connectivity index (χ3n) is 3.10. The number of nitrogens with zero attached hydrogens (tertiary/aromatic N) is 1. The second-order valence-corrected chi connectivity index (χ2v) is 5.37. The van der Waals surface area contributed by atoms with Crippen molar-refractivity contribution in [2.24, 2.45) is 0 Å². The number of fused-ring (bicyclic) bond motifs is 1. The summed E-state index contributed by atoms with van der Waals surface area (Å²) in [4.78, 5) is 21.1. The van der Waals surface area contributed by atoms with Crippen molar-refractivity contribution in [2.45, 2.75) is 18.7 Å². The molecule has 8 heteroatoms. The Kier molecular flexibility index (Phi) is 5.18. The van der Waals surface area contributed by atoms with E-state index in [2.05, 4.69) is 20.3 Å². The average Bonchev–Trinajstić information content (AvgIpc) is 2.85. The summed E-state index contributed by atoms with van der Waals surface area (Å²) in [5.41, 5.74) is 1.62. The Balaban J connectivity index is 2.09. The molecule has 2 aromatic rings. The summed E-state index contributed by atoms with van der Waals surface area (Å²) in [6, 6.07) is -0.408. The van der Waals surface area contributed by atoms with E-state index in [1.165, 1.54) is 18.1 Å².